The molecule has 0 spiro atoms. The number of guanidine groups is 1. The van der Waals surface area contributed by atoms with Crippen molar-refractivity contribution in [1.29, 1.82) is 0 Å². The summed E-state index contributed by atoms with van der Waals surface area (Å²) in [5.41, 5.74) is 1.65. The fraction of sp³-hybridized carbons (Fsp3) is 0.731. The molecule has 2 aliphatic rings. The molecule has 1 aliphatic heterocycles. The van der Waals surface area contributed by atoms with Crippen LogP contribution in [0.2, 0.25) is 0 Å². The first-order valence-electron chi connectivity index (χ1n) is 12.5. The molecule has 3 N–H and O–H groups in total. The van der Waals surface area contributed by atoms with Crippen molar-refractivity contribution in [2.45, 2.75) is 70.4 Å². The van der Waals surface area contributed by atoms with Crippen molar-refractivity contribution in [1.82, 2.24) is 16.0 Å². The van der Waals surface area contributed by atoms with Crippen LogP contribution >= 0.6 is 0 Å². The van der Waals surface area contributed by atoms with E-state index in [1.54, 1.807) is 0 Å². The fourth-order valence-corrected chi connectivity index (χ4v) is 5.24. The van der Waals surface area contributed by atoms with Gasteiger partial charge < -0.3 is 25.4 Å². The van der Waals surface area contributed by atoms with E-state index in [2.05, 4.69) is 65.1 Å². The second-order valence-corrected chi connectivity index (χ2v) is 9.60. The lowest BCUT2D eigenvalue weighted by Crippen LogP contribution is -2.58. The van der Waals surface area contributed by atoms with Gasteiger partial charge in [0.2, 0.25) is 0 Å². The second kappa shape index (κ2) is 12.6. The number of hydrogen-bond donors (Lipinski definition) is 3. The van der Waals surface area contributed by atoms with E-state index in [0.29, 0.717) is 5.41 Å². The van der Waals surface area contributed by atoms with Crippen molar-refractivity contribution < 1.29 is 9.47 Å². The Morgan fingerprint density at radius 2 is 1.75 bits per heavy atom. The summed E-state index contributed by atoms with van der Waals surface area (Å²) in [6, 6.07) is 11.0. The number of ether oxygens (including phenoxy) is 2. The molecule has 3 rings (SSSR count). The number of nitrogens with one attached hydrogen (secondary N) is 3. The molecular weight excluding hydrogens is 400 g/mol. The largest absolute Gasteiger partial charge is 0.382 e. The maximum Gasteiger partial charge on any atom is 0.191 e. The monoisotopic (exact) mass is 444 g/mol. The lowest BCUT2D eigenvalue weighted by molar-refractivity contribution is 0.0354. The van der Waals surface area contributed by atoms with Crippen LogP contribution in [-0.4, -0.2) is 58.1 Å². The topological polar surface area (TPSA) is 66.9 Å². The minimum absolute atomic E-state index is 0.00879. The summed E-state index contributed by atoms with van der Waals surface area (Å²) >= 11 is 0. The van der Waals surface area contributed by atoms with Gasteiger partial charge in [0.15, 0.2) is 5.96 Å². The van der Waals surface area contributed by atoms with Gasteiger partial charge in [0, 0.05) is 58.1 Å². The average molecular weight is 445 g/mol. The van der Waals surface area contributed by atoms with Gasteiger partial charge in [-0.15, -0.1) is 0 Å². The van der Waals surface area contributed by atoms with Gasteiger partial charge >= 0.3 is 0 Å². The molecule has 0 radical (unpaired) electrons. The van der Waals surface area contributed by atoms with Gasteiger partial charge in [-0.3, -0.25) is 4.99 Å². The highest BCUT2D eigenvalue weighted by Crippen LogP contribution is 2.40. The minimum Gasteiger partial charge on any atom is -0.382 e. The third-order valence-electron chi connectivity index (χ3n) is 7.37. The van der Waals surface area contributed by atoms with Crippen LogP contribution < -0.4 is 16.0 Å². The molecule has 32 heavy (non-hydrogen) atoms. The zero-order valence-electron chi connectivity index (χ0n) is 20.4. The smallest absolute Gasteiger partial charge is 0.191 e. The van der Waals surface area contributed by atoms with E-state index >= 15 is 0 Å². The summed E-state index contributed by atoms with van der Waals surface area (Å²) in [7, 11) is 1.87. The maximum atomic E-state index is 5.69. The van der Waals surface area contributed by atoms with Crippen LogP contribution in [0.15, 0.2) is 35.3 Å². The Bertz CT molecular complexity index is 682. The van der Waals surface area contributed by atoms with Gasteiger partial charge in [-0.1, -0.05) is 43.2 Å². The summed E-state index contributed by atoms with van der Waals surface area (Å²) in [4.78, 5) is 4.53. The first-order chi connectivity index (χ1) is 15.6. The molecule has 1 heterocycles. The molecule has 1 aromatic rings. The number of rotatable bonds is 11. The molecule has 0 amide bonds. The average Bonchev–Trinajstić information content (AvgIpc) is 3.29. The lowest BCUT2D eigenvalue weighted by atomic mass is 9.83. The van der Waals surface area contributed by atoms with E-state index in [1.807, 2.05) is 7.05 Å². The third-order valence-corrected chi connectivity index (χ3v) is 7.37. The Labute approximate surface area is 194 Å². The van der Waals surface area contributed by atoms with Crippen molar-refractivity contribution >= 4 is 5.96 Å². The normalized spacial score (nSPS) is 21.3. The van der Waals surface area contributed by atoms with E-state index in [4.69, 9.17) is 9.47 Å². The summed E-state index contributed by atoms with van der Waals surface area (Å²) in [6.45, 7) is 9.36. The summed E-state index contributed by atoms with van der Waals surface area (Å²) in [5.74, 6) is 0.896. The molecule has 0 aromatic heterocycles. The van der Waals surface area contributed by atoms with Gasteiger partial charge in [-0.25, -0.2) is 0 Å². The van der Waals surface area contributed by atoms with Crippen molar-refractivity contribution in [3.8, 4) is 0 Å². The number of aliphatic imine (C=N–C) groups is 1. The predicted molar refractivity (Wildman–Crippen MR) is 132 cm³/mol. The zero-order valence-corrected chi connectivity index (χ0v) is 20.4. The second-order valence-electron chi connectivity index (χ2n) is 9.60. The molecule has 6 heteroatoms. The van der Waals surface area contributed by atoms with Crippen LogP contribution in [0, 0.1) is 5.41 Å². The molecule has 180 valence electrons. The Morgan fingerprint density at radius 1 is 1.06 bits per heavy atom. The van der Waals surface area contributed by atoms with Crippen LogP contribution in [0.3, 0.4) is 0 Å². The lowest BCUT2D eigenvalue weighted by Gasteiger charge is -2.41. The minimum atomic E-state index is -0.00879. The molecule has 0 bridgehead atoms. The number of hydrogen-bond acceptors (Lipinski definition) is 4. The van der Waals surface area contributed by atoms with E-state index in [1.165, 1.54) is 31.2 Å². The summed E-state index contributed by atoms with van der Waals surface area (Å²) in [6.07, 6.45) is 8.32. The van der Waals surface area contributed by atoms with Crippen molar-refractivity contribution in [2.24, 2.45) is 10.4 Å². The Kier molecular flexibility index (Phi) is 9.82. The van der Waals surface area contributed by atoms with Crippen molar-refractivity contribution in [2.75, 3.05) is 46.6 Å². The van der Waals surface area contributed by atoms with Gasteiger partial charge in [0.1, 0.15) is 0 Å². The Balaban J connectivity index is 1.56. The fourth-order valence-electron chi connectivity index (χ4n) is 5.24. The Hall–Kier alpha value is -1.63. The van der Waals surface area contributed by atoms with Crippen LogP contribution in [0.4, 0.5) is 0 Å². The van der Waals surface area contributed by atoms with Crippen LogP contribution in [0.5, 0.6) is 0 Å². The molecule has 1 saturated carbocycles. The summed E-state index contributed by atoms with van der Waals surface area (Å²) < 4.78 is 11.4. The first-order valence-corrected chi connectivity index (χ1v) is 12.5. The van der Waals surface area contributed by atoms with E-state index < -0.39 is 0 Å². The maximum absolute atomic E-state index is 5.69. The molecule has 2 fully saturated rings. The third kappa shape index (κ3) is 7.19. The number of nitrogens with zero attached hydrogens (tertiary/aromatic N) is 1. The highest BCUT2D eigenvalue weighted by Gasteiger charge is 2.35. The quantitative estimate of drug-likeness (QED) is 0.273. The molecular formula is C26H44N4O2. The number of benzene rings is 1. The highest BCUT2D eigenvalue weighted by molar-refractivity contribution is 5.79. The Morgan fingerprint density at radius 3 is 2.41 bits per heavy atom. The zero-order chi connectivity index (χ0) is 22.7. The van der Waals surface area contributed by atoms with Gasteiger partial charge in [-0.05, 0) is 56.9 Å². The van der Waals surface area contributed by atoms with Gasteiger partial charge in [-0.2, -0.15) is 0 Å². The van der Waals surface area contributed by atoms with Gasteiger partial charge in [0.05, 0.1) is 0 Å². The molecule has 6 nitrogen and oxygen atoms in total. The highest BCUT2D eigenvalue weighted by atomic mass is 16.5. The van der Waals surface area contributed by atoms with Crippen molar-refractivity contribution in [3.63, 3.8) is 0 Å². The molecule has 1 unspecified atom stereocenters. The first kappa shape index (κ1) is 25.0. The van der Waals surface area contributed by atoms with Crippen LogP contribution in [-0.2, 0) is 9.47 Å². The molecule has 1 aliphatic carbocycles. The molecule has 1 atom stereocenters. The molecule has 1 aromatic carbocycles. The molecule has 1 saturated heterocycles. The van der Waals surface area contributed by atoms with E-state index in [0.717, 1.165) is 64.7 Å². The SMILES string of the molecule is CCOCCC1(CNC(=NC)NCC2(NC(C)c3ccccc3)CCOCC2)CCCC1. The van der Waals surface area contributed by atoms with Crippen LogP contribution in [0.1, 0.15) is 70.4 Å². The predicted octanol–water partition coefficient (Wildman–Crippen LogP) is 4.04. The summed E-state index contributed by atoms with van der Waals surface area (Å²) in [5, 5.41) is 11.2. The van der Waals surface area contributed by atoms with Gasteiger partial charge in [0.25, 0.3) is 0 Å². The van der Waals surface area contributed by atoms with Crippen molar-refractivity contribution in [3.05, 3.63) is 35.9 Å². The van der Waals surface area contributed by atoms with E-state index in [-0.39, 0.29) is 11.6 Å². The standard InChI is InChI=1S/C26H44N4O2/c1-4-31-17-14-25(12-8-9-13-25)20-28-24(27-3)29-21-26(15-18-32-19-16-26)30-22(2)23-10-6-5-7-11-23/h5-7,10-11,22,30H,4,8-9,12-21H2,1-3H3,(H2,27,28,29). The van der Waals surface area contributed by atoms with E-state index in [9.17, 15) is 0 Å². The van der Waals surface area contributed by atoms with Crippen LogP contribution in [0.25, 0.3) is 0 Å².